The summed E-state index contributed by atoms with van der Waals surface area (Å²) in [6.45, 7) is 2.16. The molecule has 0 amide bonds. The molecule has 1 atom stereocenters. The number of aromatic carboxylic acids is 2. The molecule has 26 heavy (non-hydrogen) atoms. The smallest absolute Gasteiger partial charge is 0.478 e. The van der Waals surface area contributed by atoms with Crippen LogP contribution in [0.1, 0.15) is 58.0 Å². The summed E-state index contributed by atoms with van der Waals surface area (Å²) in [6, 6.07) is 2.85. The van der Waals surface area contributed by atoms with Gasteiger partial charge in [-0.15, -0.1) is 0 Å². The molecule has 0 spiro atoms. The molecule has 1 unspecified atom stereocenters. The van der Waals surface area contributed by atoms with Crippen molar-refractivity contribution in [3.63, 3.8) is 0 Å². The first kappa shape index (κ1) is 21.5. The summed E-state index contributed by atoms with van der Waals surface area (Å²) in [5.41, 5.74) is 1.96. The molecular weight excluding hydrogens is 357 g/mol. The Morgan fingerprint density at radius 1 is 0.923 bits per heavy atom. The lowest BCUT2D eigenvalue weighted by atomic mass is 9.84. The molecule has 1 aliphatic rings. The lowest BCUT2D eigenvalue weighted by Gasteiger charge is -2.21. The molecule has 3 N–H and O–H groups in total. The fraction of sp³-hybridized carbons (Fsp3) is 0.471. The lowest BCUT2D eigenvalue weighted by Crippen LogP contribution is -2.21. The molecule has 0 aromatic heterocycles. The second kappa shape index (κ2) is 8.68. The van der Waals surface area contributed by atoms with Crippen molar-refractivity contribution >= 4 is 17.9 Å². The van der Waals surface area contributed by atoms with Gasteiger partial charge in [0, 0.05) is 0 Å². The number of rotatable bonds is 2. The summed E-state index contributed by atoms with van der Waals surface area (Å²) in [5.74, 6) is -4.14. The molecule has 9 heteroatoms. The van der Waals surface area contributed by atoms with Gasteiger partial charge in [-0.3, -0.25) is 0 Å². The highest BCUT2D eigenvalue weighted by molar-refractivity contribution is 5.95. The number of carboxylic acid groups (broad SMARTS) is 3. The zero-order valence-electron chi connectivity index (χ0n) is 14.0. The summed E-state index contributed by atoms with van der Waals surface area (Å²) in [5, 5.41) is 25.6. The Balaban J connectivity index is 0.000000412. The molecular formula is C17H19F3O6. The molecule has 0 saturated heterocycles. The van der Waals surface area contributed by atoms with E-state index in [1.807, 2.05) is 0 Å². The molecule has 144 valence electrons. The van der Waals surface area contributed by atoms with Gasteiger partial charge in [-0.05, 0) is 54.9 Å². The third-order valence-corrected chi connectivity index (χ3v) is 4.15. The Hall–Kier alpha value is -2.58. The summed E-state index contributed by atoms with van der Waals surface area (Å²) in [4.78, 5) is 31.5. The molecule has 1 aliphatic carbocycles. The molecule has 0 saturated carbocycles. The van der Waals surface area contributed by atoms with Crippen molar-refractivity contribution in [1.29, 1.82) is 0 Å². The van der Waals surface area contributed by atoms with Gasteiger partial charge in [-0.2, -0.15) is 13.2 Å². The maximum Gasteiger partial charge on any atom is 0.490 e. The largest absolute Gasteiger partial charge is 0.490 e. The van der Waals surface area contributed by atoms with E-state index in [1.165, 1.54) is 12.1 Å². The highest BCUT2D eigenvalue weighted by Crippen LogP contribution is 2.28. The van der Waals surface area contributed by atoms with Gasteiger partial charge in [0.1, 0.15) is 0 Å². The quantitative estimate of drug-likeness (QED) is 0.727. The van der Waals surface area contributed by atoms with Crippen LogP contribution in [0.5, 0.6) is 0 Å². The normalized spacial score (nSPS) is 17.0. The van der Waals surface area contributed by atoms with Crippen molar-refractivity contribution < 1.29 is 42.9 Å². The van der Waals surface area contributed by atoms with Crippen LogP contribution in [-0.2, 0) is 17.6 Å². The minimum Gasteiger partial charge on any atom is -0.478 e. The van der Waals surface area contributed by atoms with E-state index in [1.54, 1.807) is 0 Å². The first-order valence-electron chi connectivity index (χ1n) is 7.86. The van der Waals surface area contributed by atoms with E-state index >= 15 is 0 Å². The predicted octanol–water partition coefficient (Wildman–Crippen LogP) is 3.62. The zero-order chi connectivity index (χ0) is 20.1. The van der Waals surface area contributed by atoms with Crippen LogP contribution in [0.3, 0.4) is 0 Å². The third kappa shape index (κ3) is 5.75. The van der Waals surface area contributed by atoms with Gasteiger partial charge in [-0.1, -0.05) is 13.3 Å². The predicted molar refractivity (Wildman–Crippen MR) is 84.5 cm³/mol. The van der Waals surface area contributed by atoms with Crippen molar-refractivity contribution in [2.24, 2.45) is 5.92 Å². The number of fused-ring (bicyclic) bond motifs is 1. The minimum absolute atomic E-state index is 0.258. The van der Waals surface area contributed by atoms with Crippen LogP contribution in [0, 0.1) is 5.92 Å². The van der Waals surface area contributed by atoms with E-state index in [-0.39, 0.29) is 11.1 Å². The number of hydrogen-bond donors (Lipinski definition) is 3. The van der Waals surface area contributed by atoms with E-state index in [2.05, 4.69) is 6.92 Å². The van der Waals surface area contributed by atoms with Crippen LogP contribution in [0.15, 0.2) is 12.1 Å². The zero-order valence-corrected chi connectivity index (χ0v) is 14.0. The molecule has 1 aromatic carbocycles. The number of alkyl halides is 3. The van der Waals surface area contributed by atoms with Crippen molar-refractivity contribution in [2.45, 2.75) is 45.2 Å². The Morgan fingerprint density at radius 3 is 1.73 bits per heavy atom. The van der Waals surface area contributed by atoms with E-state index in [0.717, 1.165) is 30.4 Å². The first-order chi connectivity index (χ1) is 11.9. The Labute approximate surface area is 147 Å². The Kier molecular flexibility index (Phi) is 7.17. The summed E-state index contributed by atoms with van der Waals surface area (Å²) in [6.07, 6.45) is -0.884. The molecule has 0 bridgehead atoms. The van der Waals surface area contributed by atoms with E-state index < -0.39 is 24.1 Å². The second-order valence-corrected chi connectivity index (χ2v) is 6.07. The monoisotopic (exact) mass is 376 g/mol. The molecule has 0 fully saturated rings. The molecule has 0 aliphatic heterocycles. The van der Waals surface area contributed by atoms with E-state index in [0.29, 0.717) is 18.8 Å². The van der Waals surface area contributed by atoms with Gasteiger partial charge in [0.2, 0.25) is 0 Å². The van der Waals surface area contributed by atoms with Gasteiger partial charge in [-0.25, -0.2) is 14.4 Å². The number of halogens is 3. The maximum absolute atomic E-state index is 11.3. The van der Waals surface area contributed by atoms with Crippen LogP contribution in [0.2, 0.25) is 0 Å². The number of benzene rings is 1. The van der Waals surface area contributed by atoms with Crippen LogP contribution < -0.4 is 0 Å². The van der Waals surface area contributed by atoms with E-state index in [4.69, 9.17) is 9.90 Å². The average Bonchev–Trinajstić information content (AvgIpc) is 2.50. The number of hydrogen-bond acceptors (Lipinski definition) is 3. The second-order valence-electron chi connectivity index (χ2n) is 6.07. The van der Waals surface area contributed by atoms with Gasteiger partial charge in [0.25, 0.3) is 0 Å². The number of carboxylic acids is 3. The topological polar surface area (TPSA) is 112 Å². The van der Waals surface area contributed by atoms with Crippen LogP contribution in [0.25, 0.3) is 0 Å². The van der Waals surface area contributed by atoms with Crippen LogP contribution in [0.4, 0.5) is 13.2 Å². The summed E-state index contributed by atoms with van der Waals surface area (Å²) < 4.78 is 31.7. The first-order valence-corrected chi connectivity index (χ1v) is 7.86. The van der Waals surface area contributed by atoms with Crippen LogP contribution in [-0.4, -0.2) is 39.4 Å². The molecule has 0 heterocycles. The lowest BCUT2D eigenvalue weighted by molar-refractivity contribution is -0.192. The van der Waals surface area contributed by atoms with Gasteiger partial charge < -0.3 is 15.3 Å². The standard InChI is InChI=1S/C15H18O4.C2HF3O2/c1-9-3-2-4-10-11(6-5-9)13(15(18)19)8-7-12(10)14(16)17;3-2(4,5)1(6)7/h7-9H,2-6H2,1H3,(H,16,17)(H,18,19);(H,6,7). The van der Waals surface area contributed by atoms with Gasteiger partial charge in [0.15, 0.2) is 0 Å². The van der Waals surface area contributed by atoms with E-state index in [9.17, 15) is 33.0 Å². The van der Waals surface area contributed by atoms with Crippen LogP contribution >= 0.6 is 0 Å². The molecule has 0 radical (unpaired) electrons. The number of carbonyl (C=O) groups is 3. The molecule has 1 aromatic rings. The van der Waals surface area contributed by atoms with Crippen molar-refractivity contribution in [3.05, 3.63) is 34.4 Å². The summed E-state index contributed by atoms with van der Waals surface area (Å²) >= 11 is 0. The molecule has 2 rings (SSSR count). The Morgan fingerprint density at radius 2 is 1.35 bits per heavy atom. The van der Waals surface area contributed by atoms with Crippen molar-refractivity contribution in [1.82, 2.24) is 0 Å². The fourth-order valence-electron chi connectivity index (χ4n) is 2.83. The maximum atomic E-state index is 11.3. The highest BCUT2D eigenvalue weighted by atomic mass is 19.4. The Bertz CT molecular complexity index is 696. The molecule has 6 nitrogen and oxygen atoms in total. The van der Waals surface area contributed by atoms with Gasteiger partial charge >= 0.3 is 24.1 Å². The fourth-order valence-corrected chi connectivity index (χ4v) is 2.83. The SMILES string of the molecule is CC1CCCc2c(C(=O)O)ccc(C(=O)O)c2CC1.O=C(O)C(F)(F)F. The van der Waals surface area contributed by atoms with Crippen molar-refractivity contribution in [2.75, 3.05) is 0 Å². The van der Waals surface area contributed by atoms with Crippen molar-refractivity contribution in [3.8, 4) is 0 Å². The highest BCUT2D eigenvalue weighted by Gasteiger charge is 2.38. The average molecular weight is 376 g/mol. The minimum atomic E-state index is -5.08. The summed E-state index contributed by atoms with van der Waals surface area (Å²) in [7, 11) is 0. The number of aliphatic carboxylic acids is 1. The third-order valence-electron chi connectivity index (χ3n) is 4.15. The van der Waals surface area contributed by atoms with Gasteiger partial charge in [0.05, 0.1) is 11.1 Å².